The maximum absolute atomic E-state index is 6.69. The molecule has 0 bridgehead atoms. The van der Waals surface area contributed by atoms with Crippen LogP contribution in [0, 0.1) is 5.41 Å². The van der Waals surface area contributed by atoms with Crippen molar-refractivity contribution >= 4 is 13.7 Å². The van der Waals surface area contributed by atoms with E-state index in [0.717, 1.165) is 5.19 Å². The fourth-order valence-corrected chi connectivity index (χ4v) is 5.97. The molecule has 0 saturated carbocycles. The first-order chi connectivity index (χ1) is 10.2. The van der Waals surface area contributed by atoms with Gasteiger partial charge in [-0.2, -0.15) is 0 Å². The van der Waals surface area contributed by atoms with Crippen LogP contribution in [0.3, 0.4) is 0 Å². The molecular formula is C17H29NO3Si. The van der Waals surface area contributed by atoms with Gasteiger partial charge in [0, 0.05) is 17.7 Å². The molecule has 1 aromatic rings. The predicted octanol–water partition coefficient (Wildman–Crippen LogP) is 2.09. The first-order valence-corrected chi connectivity index (χ1v) is 9.98. The van der Waals surface area contributed by atoms with Crippen molar-refractivity contribution < 1.29 is 13.6 Å². The lowest BCUT2D eigenvalue weighted by Gasteiger charge is -2.52. The van der Waals surface area contributed by atoms with Crippen molar-refractivity contribution in [3.63, 3.8) is 0 Å². The Bertz CT molecular complexity index is 488. The Hall–Kier alpha value is -0.723. The summed E-state index contributed by atoms with van der Waals surface area (Å²) in [6.45, 7) is 11.9. The fraction of sp³-hybridized carbons (Fsp3) is 0.647. The van der Waals surface area contributed by atoms with Gasteiger partial charge in [0.15, 0.2) is 0 Å². The molecule has 4 nitrogen and oxygen atoms in total. The molecule has 1 saturated heterocycles. The minimum Gasteiger partial charge on any atom is -0.388 e. The maximum atomic E-state index is 6.69. The van der Waals surface area contributed by atoms with Gasteiger partial charge in [-0.3, -0.25) is 0 Å². The second kappa shape index (κ2) is 6.41. The summed E-state index contributed by atoms with van der Waals surface area (Å²) < 4.78 is 18.4. The lowest BCUT2D eigenvalue weighted by Crippen LogP contribution is -2.68. The smallest absolute Gasteiger partial charge is 0.387 e. The summed E-state index contributed by atoms with van der Waals surface area (Å²) in [6.07, 6.45) is 0.465. The van der Waals surface area contributed by atoms with Gasteiger partial charge in [0.05, 0.1) is 18.8 Å². The summed E-state index contributed by atoms with van der Waals surface area (Å²) in [5.74, 6) is 0. The van der Waals surface area contributed by atoms with Crippen LogP contribution in [0.1, 0.15) is 34.6 Å². The highest BCUT2D eigenvalue weighted by atomic mass is 28.4. The van der Waals surface area contributed by atoms with E-state index in [2.05, 4.69) is 32.9 Å². The molecule has 124 valence electrons. The minimum absolute atomic E-state index is 0.00442. The molecular weight excluding hydrogens is 294 g/mol. The molecule has 2 N–H and O–H groups in total. The average Bonchev–Trinajstić information content (AvgIpc) is 2.44. The van der Waals surface area contributed by atoms with Crippen molar-refractivity contribution in [1.29, 1.82) is 0 Å². The Morgan fingerprint density at radius 2 is 1.86 bits per heavy atom. The van der Waals surface area contributed by atoms with E-state index in [9.17, 15) is 0 Å². The number of nitrogens with two attached hydrogens (primary N) is 1. The molecule has 0 aliphatic carbocycles. The van der Waals surface area contributed by atoms with Crippen LogP contribution >= 0.6 is 0 Å². The second-order valence-corrected chi connectivity index (χ2v) is 10.1. The summed E-state index contributed by atoms with van der Waals surface area (Å²) in [5, 5.41) is 1.09. The lowest BCUT2D eigenvalue weighted by molar-refractivity contribution is -0.195. The van der Waals surface area contributed by atoms with Gasteiger partial charge in [-0.15, -0.1) is 0 Å². The van der Waals surface area contributed by atoms with Crippen molar-refractivity contribution in [2.75, 3.05) is 19.4 Å². The number of rotatable bonds is 7. The van der Waals surface area contributed by atoms with Crippen LogP contribution in [0.5, 0.6) is 0 Å². The zero-order valence-corrected chi connectivity index (χ0v) is 15.4. The monoisotopic (exact) mass is 323 g/mol. The quantitative estimate of drug-likeness (QED) is 0.781. The van der Waals surface area contributed by atoms with E-state index >= 15 is 0 Å². The van der Waals surface area contributed by atoms with Gasteiger partial charge in [0.1, 0.15) is 0 Å². The summed E-state index contributed by atoms with van der Waals surface area (Å²) >= 11 is 0. The minimum atomic E-state index is -2.71. The first-order valence-electron chi connectivity index (χ1n) is 7.96. The largest absolute Gasteiger partial charge is 0.388 e. The van der Waals surface area contributed by atoms with Crippen LogP contribution in [0.4, 0.5) is 0 Å². The Labute approximate surface area is 135 Å². The molecule has 1 fully saturated rings. The standard InChI is InChI=1S/C17H29NO3Si/c1-14(2)20-22(13-18,15-9-7-6-8-10-15)21-16(3,4)17(5)11-19-12-17/h6-10,14H,11-13,18H2,1-5H3. The normalized spacial score (nSPS) is 20.5. The summed E-state index contributed by atoms with van der Waals surface area (Å²) in [6, 6.07) is 10.2. The Morgan fingerprint density at radius 1 is 1.27 bits per heavy atom. The van der Waals surface area contributed by atoms with Crippen molar-refractivity contribution in [1.82, 2.24) is 0 Å². The highest BCUT2D eigenvalue weighted by Crippen LogP contribution is 2.42. The van der Waals surface area contributed by atoms with Crippen molar-refractivity contribution in [2.45, 2.75) is 46.3 Å². The van der Waals surface area contributed by atoms with E-state index in [1.54, 1.807) is 0 Å². The van der Waals surface area contributed by atoms with Crippen LogP contribution in [-0.4, -0.2) is 39.6 Å². The van der Waals surface area contributed by atoms with Gasteiger partial charge in [0.2, 0.25) is 0 Å². The second-order valence-electron chi connectivity index (χ2n) is 7.16. The topological polar surface area (TPSA) is 53.7 Å². The van der Waals surface area contributed by atoms with Crippen LogP contribution in [0.25, 0.3) is 0 Å². The van der Waals surface area contributed by atoms with E-state index in [1.807, 2.05) is 32.0 Å². The molecule has 1 atom stereocenters. The Morgan fingerprint density at radius 3 is 2.27 bits per heavy atom. The van der Waals surface area contributed by atoms with E-state index in [0.29, 0.717) is 19.4 Å². The molecule has 0 spiro atoms. The van der Waals surface area contributed by atoms with Gasteiger partial charge >= 0.3 is 8.56 Å². The van der Waals surface area contributed by atoms with Gasteiger partial charge < -0.3 is 19.3 Å². The third kappa shape index (κ3) is 3.28. The Kier molecular flexibility index (Phi) is 5.14. The van der Waals surface area contributed by atoms with E-state index < -0.39 is 8.56 Å². The molecule has 5 heteroatoms. The SMILES string of the molecule is CC(C)O[Si](CN)(OC(C)(C)C1(C)COC1)c1ccccc1. The van der Waals surface area contributed by atoms with Crippen molar-refractivity contribution in [3.05, 3.63) is 30.3 Å². The third-order valence-electron chi connectivity index (χ3n) is 4.62. The van der Waals surface area contributed by atoms with Crippen LogP contribution in [-0.2, 0) is 13.6 Å². The molecule has 22 heavy (non-hydrogen) atoms. The highest BCUT2D eigenvalue weighted by molar-refractivity contribution is 6.81. The summed E-state index contributed by atoms with van der Waals surface area (Å²) in [5.41, 5.74) is 5.81. The molecule has 0 radical (unpaired) electrons. The van der Waals surface area contributed by atoms with Gasteiger partial charge in [-0.1, -0.05) is 37.3 Å². The lowest BCUT2D eigenvalue weighted by atomic mass is 9.74. The van der Waals surface area contributed by atoms with Gasteiger partial charge in [-0.05, 0) is 32.9 Å². The number of benzene rings is 1. The molecule has 1 aliphatic heterocycles. The van der Waals surface area contributed by atoms with Crippen LogP contribution < -0.4 is 10.9 Å². The zero-order chi connectivity index (χ0) is 16.4. The highest BCUT2D eigenvalue weighted by Gasteiger charge is 2.54. The first kappa shape index (κ1) is 17.6. The maximum Gasteiger partial charge on any atom is 0.387 e. The number of ether oxygens (including phenoxy) is 1. The van der Waals surface area contributed by atoms with Crippen LogP contribution in [0.15, 0.2) is 30.3 Å². The van der Waals surface area contributed by atoms with E-state index in [1.165, 1.54) is 0 Å². The third-order valence-corrected chi connectivity index (χ3v) is 8.07. The van der Waals surface area contributed by atoms with Gasteiger partial charge in [0.25, 0.3) is 0 Å². The molecule has 1 unspecified atom stereocenters. The van der Waals surface area contributed by atoms with Gasteiger partial charge in [-0.25, -0.2) is 0 Å². The molecule has 1 heterocycles. The molecule has 1 aliphatic rings. The average molecular weight is 324 g/mol. The predicted molar refractivity (Wildman–Crippen MR) is 91.2 cm³/mol. The molecule has 1 aromatic carbocycles. The number of hydrogen-bond donors (Lipinski definition) is 1. The summed E-state index contributed by atoms with van der Waals surface area (Å²) in [7, 11) is -2.71. The van der Waals surface area contributed by atoms with E-state index in [-0.39, 0.29) is 17.1 Å². The Balaban J connectivity index is 2.36. The number of hydrogen-bond acceptors (Lipinski definition) is 4. The molecule has 2 rings (SSSR count). The molecule has 0 aromatic heterocycles. The zero-order valence-electron chi connectivity index (χ0n) is 14.4. The van der Waals surface area contributed by atoms with Crippen LogP contribution in [0.2, 0.25) is 0 Å². The fourth-order valence-electron chi connectivity index (χ4n) is 2.72. The summed E-state index contributed by atoms with van der Waals surface area (Å²) in [4.78, 5) is 0. The van der Waals surface area contributed by atoms with Crippen molar-refractivity contribution in [2.24, 2.45) is 11.1 Å². The van der Waals surface area contributed by atoms with E-state index in [4.69, 9.17) is 19.3 Å². The van der Waals surface area contributed by atoms with Crippen molar-refractivity contribution in [3.8, 4) is 0 Å². The molecule has 0 amide bonds.